The van der Waals surface area contributed by atoms with Crippen molar-refractivity contribution in [3.8, 4) is 0 Å². The van der Waals surface area contributed by atoms with E-state index < -0.39 is 26.0 Å². The summed E-state index contributed by atoms with van der Waals surface area (Å²) in [7, 11) is -7.30. The van der Waals surface area contributed by atoms with E-state index >= 15 is 0 Å². The summed E-state index contributed by atoms with van der Waals surface area (Å²) in [6.07, 6.45) is 4.36. The molecule has 0 spiro atoms. The minimum Gasteiger partial charge on any atom is -0.322 e. The summed E-state index contributed by atoms with van der Waals surface area (Å²) in [5, 5.41) is 2.72. The lowest BCUT2D eigenvalue weighted by molar-refractivity contribution is 0.102. The maximum Gasteiger partial charge on any atom is 0.255 e. The van der Waals surface area contributed by atoms with Crippen molar-refractivity contribution in [2.75, 3.05) is 31.5 Å². The fraction of sp³-hybridized carbons (Fsp3) is 0.435. The van der Waals surface area contributed by atoms with Gasteiger partial charge in [-0.25, -0.2) is 16.8 Å². The maximum atomic E-state index is 13.1. The van der Waals surface area contributed by atoms with Crippen LogP contribution in [-0.4, -0.2) is 57.5 Å². The number of hydrogen-bond donors (Lipinski definition) is 1. The summed E-state index contributed by atoms with van der Waals surface area (Å²) in [5.41, 5.74) is 1.14. The molecule has 0 aliphatic carbocycles. The number of nitrogens with zero attached hydrogens (tertiary/aromatic N) is 2. The molecular formula is C23H29N3O5S2. The number of aryl methyl sites for hydroxylation is 1. The maximum absolute atomic E-state index is 13.1. The zero-order valence-electron chi connectivity index (χ0n) is 18.7. The zero-order chi connectivity index (χ0) is 23.6. The van der Waals surface area contributed by atoms with Crippen molar-refractivity contribution in [2.45, 2.75) is 48.8 Å². The number of hydrogen-bond acceptors (Lipinski definition) is 5. The Labute approximate surface area is 195 Å². The molecule has 10 heteroatoms. The number of sulfonamides is 2. The third-order valence-corrected chi connectivity index (χ3v) is 10.1. The van der Waals surface area contributed by atoms with Gasteiger partial charge in [0.2, 0.25) is 20.0 Å². The van der Waals surface area contributed by atoms with Crippen molar-refractivity contribution in [3.05, 3.63) is 53.6 Å². The van der Waals surface area contributed by atoms with Crippen LogP contribution >= 0.6 is 0 Å². The zero-order valence-corrected chi connectivity index (χ0v) is 20.3. The monoisotopic (exact) mass is 491 g/mol. The van der Waals surface area contributed by atoms with Gasteiger partial charge in [-0.3, -0.25) is 4.79 Å². The molecule has 0 aromatic heterocycles. The predicted molar refractivity (Wildman–Crippen MR) is 126 cm³/mol. The Kier molecular flexibility index (Phi) is 6.90. The van der Waals surface area contributed by atoms with E-state index in [2.05, 4.69) is 5.32 Å². The number of benzene rings is 2. The van der Waals surface area contributed by atoms with E-state index in [1.807, 2.05) is 0 Å². The van der Waals surface area contributed by atoms with E-state index in [9.17, 15) is 21.6 Å². The van der Waals surface area contributed by atoms with E-state index in [1.54, 1.807) is 25.1 Å². The summed E-state index contributed by atoms with van der Waals surface area (Å²) in [6, 6.07) is 10.7. The fourth-order valence-electron chi connectivity index (χ4n) is 4.28. The average molecular weight is 492 g/mol. The second kappa shape index (κ2) is 9.54. The highest BCUT2D eigenvalue weighted by molar-refractivity contribution is 7.89. The van der Waals surface area contributed by atoms with E-state index in [1.165, 1.54) is 32.9 Å². The highest BCUT2D eigenvalue weighted by Crippen LogP contribution is 2.27. The highest BCUT2D eigenvalue weighted by atomic mass is 32.2. The van der Waals surface area contributed by atoms with Crippen molar-refractivity contribution in [1.29, 1.82) is 0 Å². The number of carbonyl (C=O) groups is 1. The quantitative estimate of drug-likeness (QED) is 0.668. The molecule has 0 bridgehead atoms. The number of rotatable bonds is 6. The summed E-state index contributed by atoms with van der Waals surface area (Å²) >= 11 is 0. The molecule has 0 atom stereocenters. The largest absolute Gasteiger partial charge is 0.322 e. The summed E-state index contributed by atoms with van der Waals surface area (Å²) in [6.45, 7) is 3.69. The van der Waals surface area contributed by atoms with Gasteiger partial charge in [0, 0.05) is 37.4 Å². The lowest BCUT2D eigenvalue weighted by atomic mass is 10.2. The standard InChI is InChI=1S/C23H29N3O5S2/c1-18-10-11-20(17-22(18)33(30,31)26-12-3-2-4-13-26)24-23(27)19-8-7-9-21(16-19)32(28,29)25-14-5-6-15-25/h7-11,16-17H,2-6,12-15H2,1H3,(H,24,27). The molecule has 1 N–H and O–H groups in total. The number of amides is 1. The van der Waals surface area contributed by atoms with Crippen LogP contribution in [0, 0.1) is 6.92 Å². The first-order valence-electron chi connectivity index (χ1n) is 11.2. The lowest BCUT2D eigenvalue weighted by Gasteiger charge is -2.26. The minimum absolute atomic E-state index is 0.0781. The smallest absolute Gasteiger partial charge is 0.255 e. The molecular weight excluding hydrogens is 462 g/mol. The topological polar surface area (TPSA) is 104 Å². The van der Waals surface area contributed by atoms with Gasteiger partial charge in [-0.05, 0) is 68.5 Å². The molecule has 2 fully saturated rings. The molecule has 2 saturated heterocycles. The van der Waals surface area contributed by atoms with Gasteiger partial charge in [-0.15, -0.1) is 0 Å². The SMILES string of the molecule is Cc1ccc(NC(=O)c2cccc(S(=O)(=O)N3CCCC3)c2)cc1S(=O)(=O)N1CCCCC1. The second-order valence-electron chi connectivity index (χ2n) is 8.54. The Morgan fingerprint density at radius 1 is 0.788 bits per heavy atom. The van der Waals surface area contributed by atoms with Gasteiger partial charge in [-0.1, -0.05) is 18.6 Å². The van der Waals surface area contributed by atoms with E-state index in [-0.39, 0.29) is 15.4 Å². The van der Waals surface area contributed by atoms with Crippen molar-refractivity contribution in [2.24, 2.45) is 0 Å². The van der Waals surface area contributed by atoms with Crippen LogP contribution in [0.3, 0.4) is 0 Å². The highest BCUT2D eigenvalue weighted by Gasteiger charge is 2.29. The Balaban J connectivity index is 1.56. The van der Waals surface area contributed by atoms with E-state index in [4.69, 9.17) is 0 Å². The van der Waals surface area contributed by atoms with Crippen molar-refractivity contribution in [1.82, 2.24) is 8.61 Å². The predicted octanol–water partition coefficient (Wildman–Crippen LogP) is 3.21. The number of carbonyl (C=O) groups excluding carboxylic acids is 1. The Hall–Kier alpha value is -2.27. The van der Waals surface area contributed by atoms with Crippen LogP contribution in [-0.2, 0) is 20.0 Å². The van der Waals surface area contributed by atoms with E-state index in [0.717, 1.165) is 32.1 Å². The van der Waals surface area contributed by atoms with Crippen LogP contribution in [0.25, 0.3) is 0 Å². The van der Waals surface area contributed by atoms with Gasteiger partial charge in [0.1, 0.15) is 0 Å². The van der Waals surface area contributed by atoms with Crippen LogP contribution in [0.4, 0.5) is 5.69 Å². The number of anilines is 1. The molecule has 1 amide bonds. The van der Waals surface area contributed by atoms with Crippen LogP contribution < -0.4 is 5.32 Å². The summed E-state index contributed by atoms with van der Waals surface area (Å²) in [5.74, 6) is -0.501. The molecule has 0 saturated carbocycles. The van der Waals surface area contributed by atoms with Crippen LogP contribution in [0.5, 0.6) is 0 Å². The Morgan fingerprint density at radius 2 is 1.39 bits per heavy atom. The molecule has 2 aromatic carbocycles. The normalized spacial score (nSPS) is 18.3. The summed E-state index contributed by atoms with van der Waals surface area (Å²) in [4.78, 5) is 13.1. The Bertz CT molecular complexity index is 1250. The van der Waals surface area contributed by atoms with Crippen LogP contribution in [0.1, 0.15) is 48.0 Å². The third kappa shape index (κ3) is 4.98. The Morgan fingerprint density at radius 3 is 2.06 bits per heavy atom. The number of piperidine rings is 1. The average Bonchev–Trinajstić information content (AvgIpc) is 3.37. The van der Waals surface area contributed by atoms with Gasteiger partial charge in [0.05, 0.1) is 9.79 Å². The number of nitrogens with one attached hydrogen (secondary N) is 1. The molecule has 2 aromatic rings. The van der Waals surface area contributed by atoms with Crippen LogP contribution in [0.15, 0.2) is 52.3 Å². The van der Waals surface area contributed by atoms with Gasteiger partial charge < -0.3 is 5.32 Å². The minimum atomic E-state index is -3.65. The molecule has 2 aliphatic rings. The molecule has 2 heterocycles. The van der Waals surface area contributed by atoms with Crippen molar-refractivity contribution in [3.63, 3.8) is 0 Å². The second-order valence-corrected chi connectivity index (χ2v) is 12.4. The molecule has 0 unspecified atom stereocenters. The molecule has 178 valence electrons. The van der Waals surface area contributed by atoms with Gasteiger partial charge in [0.15, 0.2) is 0 Å². The third-order valence-electron chi connectivity index (χ3n) is 6.18. The first-order valence-corrected chi connectivity index (χ1v) is 14.1. The molecule has 0 radical (unpaired) electrons. The molecule has 33 heavy (non-hydrogen) atoms. The van der Waals surface area contributed by atoms with E-state index in [0.29, 0.717) is 37.4 Å². The molecule has 2 aliphatic heterocycles. The molecule has 8 nitrogen and oxygen atoms in total. The molecule has 4 rings (SSSR count). The fourth-order valence-corrected chi connectivity index (χ4v) is 7.61. The van der Waals surface area contributed by atoms with Gasteiger partial charge in [0.25, 0.3) is 5.91 Å². The van der Waals surface area contributed by atoms with Gasteiger partial charge in [-0.2, -0.15) is 8.61 Å². The first kappa shape index (κ1) is 23.9. The van der Waals surface area contributed by atoms with Gasteiger partial charge >= 0.3 is 0 Å². The summed E-state index contributed by atoms with van der Waals surface area (Å²) < 4.78 is 54.9. The first-order chi connectivity index (χ1) is 15.7. The van der Waals surface area contributed by atoms with Crippen molar-refractivity contribution < 1.29 is 21.6 Å². The van der Waals surface area contributed by atoms with Crippen molar-refractivity contribution >= 4 is 31.6 Å². The lowest BCUT2D eigenvalue weighted by Crippen LogP contribution is -2.36. The van der Waals surface area contributed by atoms with Crippen LogP contribution in [0.2, 0.25) is 0 Å².